The predicted octanol–water partition coefficient (Wildman–Crippen LogP) is 5.47. The van der Waals surface area contributed by atoms with Crippen molar-refractivity contribution >= 4 is 11.8 Å². The number of thioether (sulfide) groups is 1. The van der Waals surface area contributed by atoms with Gasteiger partial charge in [0, 0.05) is 0 Å². The Morgan fingerprint density at radius 2 is 1.20 bits per heavy atom. The summed E-state index contributed by atoms with van der Waals surface area (Å²) in [5.74, 6) is 2.66. The Labute approximate surface area is 102 Å². The maximum atomic E-state index is 3.87. The molecular weight excluding hydrogens is 200 g/mol. The number of rotatable bonds is 12. The second kappa shape index (κ2) is 14.3. The summed E-state index contributed by atoms with van der Waals surface area (Å²) < 4.78 is 0. The average Bonchev–Trinajstić information content (AvgIpc) is 2.26. The van der Waals surface area contributed by atoms with Crippen LogP contribution in [0.3, 0.4) is 0 Å². The maximum Gasteiger partial charge on any atom is -0.00676 e. The lowest BCUT2D eigenvalue weighted by Crippen LogP contribution is -1.84. The number of hydrogen-bond acceptors (Lipinski definition) is 1. The zero-order valence-electron chi connectivity index (χ0n) is 10.6. The van der Waals surface area contributed by atoms with E-state index in [9.17, 15) is 0 Å². The molecule has 0 heterocycles. The highest BCUT2D eigenvalue weighted by molar-refractivity contribution is 7.99. The van der Waals surface area contributed by atoms with Crippen LogP contribution in [0.25, 0.3) is 0 Å². The average molecular weight is 229 g/mol. The van der Waals surface area contributed by atoms with Crippen LogP contribution in [-0.4, -0.2) is 11.5 Å². The summed E-state index contributed by atoms with van der Waals surface area (Å²) in [4.78, 5) is 0. The summed E-state index contributed by atoms with van der Waals surface area (Å²) in [5, 5.41) is 0. The van der Waals surface area contributed by atoms with Crippen molar-refractivity contribution in [1.29, 1.82) is 0 Å². The first kappa shape index (κ1) is 15.3. The van der Waals surface area contributed by atoms with Crippen LogP contribution in [0.2, 0.25) is 0 Å². The van der Waals surface area contributed by atoms with Gasteiger partial charge in [-0.15, -0.1) is 0 Å². The Hall–Kier alpha value is 0.350. The van der Waals surface area contributed by atoms with Crippen molar-refractivity contribution in [3.63, 3.8) is 0 Å². The van der Waals surface area contributed by atoms with Gasteiger partial charge in [-0.05, 0) is 17.9 Å². The molecule has 15 heavy (non-hydrogen) atoms. The normalized spacial score (nSPS) is 10.8. The predicted molar refractivity (Wildman–Crippen MR) is 74.5 cm³/mol. The third-order valence-electron chi connectivity index (χ3n) is 2.74. The van der Waals surface area contributed by atoms with Crippen molar-refractivity contribution in [2.24, 2.45) is 0 Å². The molecule has 0 aromatic carbocycles. The largest absolute Gasteiger partial charge is 0.162 e. The van der Waals surface area contributed by atoms with Crippen LogP contribution in [0.1, 0.15) is 71.1 Å². The van der Waals surface area contributed by atoms with E-state index in [1.807, 2.05) is 0 Å². The fourth-order valence-electron chi connectivity index (χ4n) is 1.76. The van der Waals surface area contributed by atoms with Crippen molar-refractivity contribution in [3.8, 4) is 0 Å². The summed E-state index contributed by atoms with van der Waals surface area (Å²) in [7, 11) is 0. The molecular formula is C14H29S. The molecule has 0 amide bonds. The third kappa shape index (κ3) is 14.4. The van der Waals surface area contributed by atoms with Crippen LogP contribution >= 0.6 is 11.8 Å². The zero-order valence-corrected chi connectivity index (χ0v) is 11.4. The van der Waals surface area contributed by atoms with Gasteiger partial charge in [-0.3, -0.25) is 0 Å². The van der Waals surface area contributed by atoms with Gasteiger partial charge in [0.15, 0.2) is 0 Å². The second-order valence-electron chi connectivity index (χ2n) is 4.23. The summed E-state index contributed by atoms with van der Waals surface area (Å²) in [6.45, 7) is 6.11. The highest BCUT2D eigenvalue weighted by atomic mass is 32.2. The lowest BCUT2D eigenvalue weighted by molar-refractivity contribution is 0.567. The van der Waals surface area contributed by atoms with Crippen molar-refractivity contribution in [3.05, 3.63) is 6.92 Å². The molecule has 0 aliphatic heterocycles. The van der Waals surface area contributed by atoms with Gasteiger partial charge in [0.2, 0.25) is 0 Å². The minimum Gasteiger partial charge on any atom is -0.162 e. The van der Waals surface area contributed by atoms with Gasteiger partial charge in [0.1, 0.15) is 0 Å². The minimum atomic E-state index is 1.12. The van der Waals surface area contributed by atoms with Crippen LogP contribution in [0, 0.1) is 6.92 Å². The Morgan fingerprint density at radius 1 is 0.733 bits per heavy atom. The molecule has 0 atom stereocenters. The van der Waals surface area contributed by atoms with Crippen molar-refractivity contribution in [1.82, 2.24) is 0 Å². The first-order valence-corrected chi connectivity index (χ1v) is 7.94. The van der Waals surface area contributed by atoms with Crippen molar-refractivity contribution in [2.75, 3.05) is 11.5 Å². The van der Waals surface area contributed by atoms with Crippen molar-refractivity contribution < 1.29 is 0 Å². The van der Waals surface area contributed by atoms with Gasteiger partial charge in [-0.2, -0.15) is 11.8 Å². The summed E-state index contributed by atoms with van der Waals surface area (Å²) in [6.07, 6.45) is 14.0. The Bertz CT molecular complexity index is 89.5. The van der Waals surface area contributed by atoms with E-state index in [4.69, 9.17) is 0 Å². The molecule has 0 saturated carbocycles. The molecule has 0 saturated heterocycles. The van der Waals surface area contributed by atoms with Gasteiger partial charge in [0.05, 0.1) is 0 Å². The van der Waals surface area contributed by atoms with Gasteiger partial charge in [0.25, 0.3) is 0 Å². The molecule has 91 valence electrons. The molecule has 0 fully saturated rings. The lowest BCUT2D eigenvalue weighted by Gasteiger charge is -2.01. The first-order valence-electron chi connectivity index (χ1n) is 6.78. The molecule has 0 rings (SSSR count). The number of hydrogen-bond donors (Lipinski definition) is 0. The fourth-order valence-corrected chi connectivity index (χ4v) is 2.46. The van der Waals surface area contributed by atoms with Crippen molar-refractivity contribution in [2.45, 2.75) is 71.1 Å². The van der Waals surface area contributed by atoms with E-state index >= 15 is 0 Å². The molecule has 0 bridgehead atoms. The van der Waals surface area contributed by atoms with Crippen LogP contribution in [0.15, 0.2) is 0 Å². The van der Waals surface area contributed by atoms with Gasteiger partial charge < -0.3 is 0 Å². The van der Waals surface area contributed by atoms with E-state index in [1.165, 1.54) is 69.3 Å². The quantitative estimate of drug-likeness (QED) is 0.400. The van der Waals surface area contributed by atoms with Gasteiger partial charge >= 0.3 is 0 Å². The Kier molecular flexibility index (Phi) is 14.7. The summed E-state index contributed by atoms with van der Waals surface area (Å²) >= 11 is 2.08. The van der Waals surface area contributed by atoms with Gasteiger partial charge in [-0.1, -0.05) is 71.6 Å². The molecule has 0 nitrogen and oxygen atoms in total. The van der Waals surface area contributed by atoms with Gasteiger partial charge in [-0.25, -0.2) is 0 Å². The highest BCUT2D eigenvalue weighted by Gasteiger charge is 1.92. The topological polar surface area (TPSA) is 0 Å². The monoisotopic (exact) mass is 229 g/mol. The molecule has 0 unspecified atom stereocenters. The van der Waals surface area contributed by atoms with E-state index in [2.05, 4.69) is 25.6 Å². The molecule has 0 aromatic heterocycles. The van der Waals surface area contributed by atoms with E-state index in [0.29, 0.717) is 0 Å². The Balaban J connectivity index is 2.81. The molecule has 0 aliphatic rings. The van der Waals surface area contributed by atoms with E-state index in [1.54, 1.807) is 0 Å². The Morgan fingerprint density at radius 3 is 1.67 bits per heavy atom. The molecule has 0 N–H and O–H groups in total. The molecule has 1 radical (unpaired) electrons. The number of unbranched alkanes of at least 4 members (excludes halogenated alkanes) is 9. The second-order valence-corrected chi connectivity index (χ2v) is 5.63. The molecule has 0 spiro atoms. The van der Waals surface area contributed by atoms with Crippen LogP contribution in [0.5, 0.6) is 0 Å². The molecule has 1 heteroatoms. The molecule has 0 aromatic rings. The smallest absolute Gasteiger partial charge is 0.00676 e. The van der Waals surface area contributed by atoms with Crippen LogP contribution in [0.4, 0.5) is 0 Å². The lowest BCUT2D eigenvalue weighted by atomic mass is 10.1. The summed E-state index contributed by atoms with van der Waals surface area (Å²) in [6, 6.07) is 0. The van der Waals surface area contributed by atoms with Crippen LogP contribution in [-0.2, 0) is 0 Å². The van der Waals surface area contributed by atoms with E-state index < -0.39 is 0 Å². The van der Waals surface area contributed by atoms with E-state index in [0.717, 1.165) is 6.42 Å². The summed E-state index contributed by atoms with van der Waals surface area (Å²) in [5.41, 5.74) is 0. The standard InChI is InChI=1S/C14H29S/c1-3-5-6-7-8-9-10-11-12-13-14-15-4-2/h1,3-14H2,2H3. The minimum absolute atomic E-state index is 1.12. The first-order chi connectivity index (χ1) is 7.41. The molecule has 0 aliphatic carbocycles. The van der Waals surface area contributed by atoms with E-state index in [-0.39, 0.29) is 0 Å². The highest BCUT2D eigenvalue weighted by Crippen LogP contribution is 2.11. The maximum absolute atomic E-state index is 3.87. The fraction of sp³-hybridized carbons (Fsp3) is 0.929. The third-order valence-corrected chi connectivity index (χ3v) is 3.73. The zero-order chi connectivity index (χ0) is 11.2. The van der Waals surface area contributed by atoms with Crippen LogP contribution < -0.4 is 0 Å². The SMILES string of the molecule is [CH2]CCCCCCCCCCCSCC.